The highest BCUT2D eigenvalue weighted by Gasteiger charge is 2.14. The lowest BCUT2D eigenvalue weighted by Gasteiger charge is -2.23. The minimum absolute atomic E-state index is 0.0761. The predicted molar refractivity (Wildman–Crippen MR) is 63.5 cm³/mol. The van der Waals surface area contributed by atoms with Crippen LogP contribution in [-0.2, 0) is 0 Å². The van der Waals surface area contributed by atoms with Gasteiger partial charge in [0.05, 0.1) is 11.8 Å². The van der Waals surface area contributed by atoms with Gasteiger partial charge in [0.1, 0.15) is 5.82 Å². The highest BCUT2D eigenvalue weighted by molar-refractivity contribution is 5.41. The summed E-state index contributed by atoms with van der Waals surface area (Å²) in [6.45, 7) is 6.39. The number of aliphatic hydroxyl groups is 1. The fourth-order valence-electron chi connectivity index (χ4n) is 1.27. The summed E-state index contributed by atoms with van der Waals surface area (Å²) in [7, 11) is 0. The van der Waals surface area contributed by atoms with Crippen molar-refractivity contribution < 1.29 is 9.50 Å². The number of benzene rings is 1. The van der Waals surface area contributed by atoms with Crippen LogP contribution in [0, 0.1) is 5.82 Å². The molecular weight excluding hydrogens is 207 g/mol. The molecule has 0 aliphatic carbocycles. The first-order valence-electron chi connectivity index (χ1n) is 5.27. The molecule has 1 aromatic rings. The largest absolute Gasteiger partial charge is 0.396 e. The fraction of sp³-hybridized carbons (Fsp3) is 0.500. The molecule has 1 rings (SSSR count). The zero-order chi connectivity index (χ0) is 12.3. The van der Waals surface area contributed by atoms with E-state index in [2.05, 4.69) is 5.32 Å². The lowest BCUT2D eigenvalue weighted by Crippen LogP contribution is -2.38. The molecule has 0 heterocycles. The van der Waals surface area contributed by atoms with E-state index in [-0.39, 0.29) is 11.2 Å². The van der Waals surface area contributed by atoms with Crippen molar-refractivity contribution in [2.24, 2.45) is 0 Å². The van der Waals surface area contributed by atoms with E-state index in [9.17, 15) is 9.50 Å². The molecule has 0 saturated heterocycles. The first kappa shape index (κ1) is 12.9. The van der Waals surface area contributed by atoms with Crippen LogP contribution >= 0.6 is 0 Å². The summed E-state index contributed by atoms with van der Waals surface area (Å²) in [5.74, 6) is -0.493. The first-order chi connectivity index (χ1) is 7.29. The van der Waals surface area contributed by atoms with Gasteiger partial charge in [-0.1, -0.05) is 6.07 Å². The van der Waals surface area contributed by atoms with Gasteiger partial charge in [0, 0.05) is 12.1 Å². The molecule has 0 saturated carbocycles. The SMILES string of the molecule is CC(C)(C)NCC(O)c1ccc(N)c(F)c1. The van der Waals surface area contributed by atoms with E-state index in [1.165, 1.54) is 12.1 Å². The van der Waals surface area contributed by atoms with Crippen LogP contribution in [0.25, 0.3) is 0 Å². The molecule has 3 nitrogen and oxygen atoms in total. The number of nitrogen functional groups attached to an aromatic ring is 1. The topological polar surface area (TPSA) is 58.3 Å². The molecule has 90 valence electrons. The van der Waals surface area contributed by atoms with Crippen LogP contribution < -0.4 is 11.1 Å². The van der Waals surface area contributed by atoms with E-state index in [0.29, 0.717) is 12.1 Å². The molecule has 0 aliphatic rings. The second kappa shape index (κ2) is 4.80. The molecule has 4 heteroatoms. The number of halogens is 1. The first-order valence-corrected chi connectivity index (χ1v) is 5.27. The molecule has 16 heavy (non-hydrogen) atoms. The van der Waals surface area contributed by atoms with Crippen molar-refractivity contribution in [3.8, 4) is 0 Å². The van der Waals surface area contributed by atoms with Gasteiger partial charge < -0.3 is 16.2 Å². The number of β-amino-alcohol motifs (C(OH)–C–C–N with tert-alkyl or cyclic N) is 1. The van der Waals surface area contributed by atoms with Gasteiger partial charge in [0.15, 0.2) is 0 Å². The van der Waals surface area contributed by atoms with Gasteiger partial charge in [-0.25, -0.2) is 4.39 Å². The molecule has 0 aromatic heterocycles. The maximum absolute atomic E-state index is 13.2. The standard InChI is InChI=1S/C12H19FN2O/c1-12(2,3)15-7-11(16)8-4-5-10(14)9(13)6-8/h4-6,11,15-16H,7,14H2,1-3H3. The van der Waals surface area contributed by atoms with Crippen molar-refractivity contribution >= 4 is 5.69 Å². The van der Waals surface area contributed by atoms with E-state index in [0.717, 1.165) is 0 Å². The van der Waals surface area contributed by atoms with E-state index in [1.807, 2.05) is 20.8 Å². The number of nitrogens with one attached hydrogen (secondary N) is 1. The third-order valence-corrected chi connectivity index (χ3v) is 2.24. The summed E-state index contributed by atoms with van der Waals surface area (Å²) in [5, 5.41) is 13.0. The van der Waals surface area contributed by atoms with E-state index in [1.54, 1.807) is 6.07 Å². The third-order valence-electron chi connectivity index (χ3n) is 2.24. The number of hydrogen-bond acceptors (Lipinski definition) is 3. The monoisotopic (exact) mass is 226 g/mol. The molecule has 4 N–H and O–H groups in total. The van der Waals surface area contributed by atoms with Crippen molar-refractivity contribution in [3.05, 3.63) is 29.6 Å². The molecule has 0 fully saturated rings. The second-order valence-corrected chi connectivity index (χ2v) is 4.93. The van der Waals surface area contributed by atoms with Gasteiger partial charge in [-0.3, -0.25) is 0 Å². The normalized spacial score (nSPS) is 13.8. The van der Waals surface area contributed by atoms with Crippen LogP contribution in [0.3, 0.4) is 0 Å². The summed E-state index contributed by atoms with van der Waals surface area (Å²) in [6.07, 6.45) is -0.727. The van der Waals surface area contributed by atoms with Gasteiger partial charge in [-0.2, -0.15) is 0 Å². The number of anilines is 1. The van der Waals surface area contributed by atoms with Gasteiger partial charge >= 0.3 is 0 Å². The van der Waals surface area contributed by atoms with Crippen molar-refractivity contribution in [2.75, 3.05) is 12.3 Å². The Morgan fingerprint density at radius 3 is 2.56 bits per heavy atom. The summed E-state index contributed by atoms with van der Waals surface area (Å²) >= 11 is 0. The Morgan fingerprint density at radius 2 is 2.06 bits per heavy atom. The quantitative estimate of drug-likeness (QED) is 0.689. The van der Waals surface area contributed by atoms with Crippen LogP contribution in [0.15, 0.2) is 18.2 Å². The predicted octanol–water partition coefficient (Wildman–Crippen LogP) is 1.83. The maximum Gasteiger partial charge on any atom is 0.146 e. The molecule has 1 unspecified atom stereocenters. The van der Waals surface area contributed by atoms with Crippen molar-refractivity contribution in [2.45, 2.75) is 32.4 Å². The van der Waals surface area contributed by atoms with Crippen LogP contribution in [-0.4, -0.2) is 17.2 Å². The Balaban J connectivity index is 2.66. The molecule has 0 amide bonds. The fourth-order valence-corrected chi connectivity index (χ4v) is 1.27. The summed E-state index contributed by atoms with van der Waals surface area (Å²) in [6, 6.07) is 4.36. The van der Waals surface area contributed by atoms with Crippen LogP contribution in [0.2, 0.25) is 0 Å². The van der Waals surface area contributed by atoms with E-state index < -0.39 is 11.9 Å². The van der Waals surface area contributed by atoms with Crippen molar-refractivity contribution in [3.63, 3.8) is 0 Å². The summed E-state index contributed by atoms with van der Waals surface area (Å²) in [4.78, 5) is 0. The van der Waals surface area contributed by atoms with E-state index in [4.69, 9.17) is 5.73 Å². The van der Waals surface area contributed by atoms with Gasteiger partial charge in [-0.05, 0) is 38.5 Å². The third kappa shape index (κ3) is 3.79. The molecule has 0 aliphatic heterocycles. The van der Waals surface area contributed by atoms with Crippen LogP contribution in [0.5, 0.6) is 0 Å². The van der Waals surface area contributed by atoms with Crippen LogP contribution in [0.4, 0.5) is 10.1 Å². The van der Waals surface area contributed by atoms with Gasteiger partial charge in [0.25, 0.3) is 0 Å². The molecular formula is C12H19FN2O. The van der Waals surface area contributed by atoms with E-state index >= 15 is 0 Å². The van der Waals surface area contributed by atoms with Crippen molar-refractivity contribution in [1.82, 2.24) is 5.32 Å². The minimum Gasteiger partial charge on any atom is -0.396 e. The molecule has 0 bridgehead atoms. The Bertz CT molecular complexity index is 361. The summed E-state index contributed by atoms with van der Waals surface area (Å²) in [5.41, 5.74) is 5.91. The minimum atomic E-state index is -0.727. The zero-order valence-corrected chi connectivity index (χ0v) is 9.92. The van der Waals surface area contributed by atoms with Gasteiger partial charge in [-0.15, -0.1) is 0 Å². The average Bonchev–Trinajstić information content (AvgIpc) is 2.17. The molecule has 0 spiro atoms. The lowest BCUT2D eigenvalue weighted by atomic mass is 10.1. The van der Waals surface area contributed by atoms with Crippen molar-refractivity contribution in [1.29, 1.82) is 0 Å². The number of aliphatic hydroxyl groups excluding tert-OH is 1. The average molecular weight is 226 g/mol. The number of rotatable bonds is 3. The Kier molecular flexibility index (Phi) is 3.88. The second-order valence-electron chi connectivity index (χ2n) is 4.93. The smallest absolute Gasteiger partial charge is 0.146 e. The van der Waals surface area contributed by atoms with Crippen LogP contribution in [0.1, 0.15) is 32.4 Å². The zero-order valence-electron chi connectivity index (χ0n) is 9.92. The molecule has 1 aromatic carbocycles. The van der Waals surface area contributed by atoms with Gasteiger partial charge in [0.2, 0.25) is 0 Å². The highest BCUT2D eigenvalue weighted by atomic mass is 19.1. The maximum atomic E-state index is 13.2. The summed E-state index contributed by atoms with van der Waals surface area (Å²) < 4.78 is 13.2. The Hall–Kier alpha value is -1.13. The molecule has 1 atom stereocenters. The molecule has 0 radical (unpaired) electrons. The number of nitrogens with two attached hydrogens (primary N) is 1. The lowest BCUT2D eigenvalue weighted by molar-refractivity contribution is 0.163. The highest BCUT2D eigenvalue weighted by Crippen LogP contribution is 2.18. The Morgan fingerprint density at radius 1 is 1.44 bits per heavy atom. The number of hydrogen-bond donors (Lipinski definition) is 3. The Labute approximate surface area is 95.5 Å².